The van der Waals surface area contributed by atoms with Crippen LogP contribution in [0.2, 0.25) is 5.02 Å². The van der Waals surface area contributed by atoms with Gasteiger partial charge in [-0.25, -0.2) is 4.39 Å². The number of ketones is 1. The van der Waals surface area contributed by atoms with Crippen molar-refractivity contribution >= 4 is 34.7 Å². The molecule has 2 aromatic carbocycles. The van der Waals surface area contributed by atoms with Crippen LogP contribution in [-0.4, -0.2) is 23.4 Å². The van der Waals surface area contributed by atoms with Gasteiger partial charge >= 0.3 is 0 Å². The monoisotopic (exact) mass is 441 g/mol. The third-order valence-electron chi connectivity index (χ3n) is 4.87. The molecule has 1 amide bonds. The van der Waals surface area contributed by atoms with E-state index in [0.29, 0.717) is 17.4 Å². The van der Waals surface area contributed by atoms with Crippen molar-refractivity contribution in [2.45, 2.75) is 13.0 Å². The third kappa shape index (κ3) is 3.68. The van der Waals surface area contributed by atoms with Gasteiger partial charge in [-0.1, -0.05) is 11.6 Å². The molecule has 1 N–H and O–H groups in total. The summed E-state index contributed by atoms with van der Waals surface area (Å²) in [6.45, 7) is 2.14. The minimum absolute atomic E-state index is 0.158. The number of ether oxygens (including phenoxy) is 1. The number of hydrogen-bond acceptors (Lipinski definition) is 5. The molecule has 0 saturated carbocycles. The van der Waals surface area contributed by atoms with E-state index in [1.165, 1.54) is 53.6 Å². The molecule has 1 aliphatic heterocycles. The molecule has 4 rings (SSSR count). The van der Waals surface area contributed by atoms with Gasteiger partial charge < -0.3 is 14.3 Å². The van der Waals surface area contributed by atoms with E-state index in [9.17, 15) is 19.1 Å². The maximum Gasteiger partial charge on any atom is 0.300 e. The van der Waals surface area contributed by atoms with Crippen LogP contribution in [0.15, 0.2) is 70.9 Å². The Kier molecular flexibility index (Phi) is 5.52. The molecule has 1 fully saturated rings. The molecule has 0 radical (unpaired) electrons. The molecule has 0 spiro atoms. The van der Waals surface area contributed by atoms with Crippen LogP contribution in [0, 0.1) is 5.82 Å². The zero-order valence-electron chi connectivity index (χ0n) is 16.3. The molecule has 3 aromatic rings. The summed E-state index contributed by atoms with van der Waals surface area (Å²) >= 11 is 6.12. The second kappa shape index (κ2) is 8.28. The molecule has 0 aliphatic carbocycles. The van der Waals surface area contributed by atoms with Gasteiger partial charge in [0.2, 0.25) is 0 Å². The molecule has 1 aromatic heterocycles. The molecule has 2 heterocycles. The Balaban J connectivity index is 1.89. The van der Waals surface area contributed by atoms with Crippen LogP contribution in [0.5, 0.6) is 5.75 Å². The lowest BCUT2D eigenvalue weighted by Crippen LogP contribution is -2.29. The third-order valence-corrected chi connectivity index (χ3v) is 5.18. The summed E-state index contributed by atoms with van der Waals surface area (Å²) in [4.78, 5) is 27.1. The molecule has 0 bridgehead atoms. The Labute approximate surface area is 182 Å². The molecule has 8 heteroatoms. The van der Waals surface area contributed by atoms with Crippen molar-refractivity contribution in [2.24, 2.45) is 0 Å². The SMILES string of the molecule is CCOc1cc(/C(O)=C2/C(=O)C(=O)N(c3ccc(F)cc3)C2c2ccco2)ccc1Cl. The first-order chi connectivity index (χ1) is 14.9. The lowest BCUT2D eigenvalue weighted by atomic mass is 9.99. The lowest BCUT2D eigenvalue weighted by Gasteiger charge is -2.23. The van der Waals surface area contributed by atoms with Crippen LogP contribution < -0.4 is 9.64 Å². The van der Waals surface area contributed by atoms with Crippen molar-refractivity contribution < 1.29 is 28.2 Å². The van der Waals surface area contributed by atoms with Gasteiger partial charge in [0.15, 0.2) is 0 Å². The van der Waals surface area contributed by atoms with Crippen LogP contribution >= 0.6 is 11.6 Å². The molecule has 1 atom stereocenters. The number of aliphatic hydroxyl groups is 1. The number of carbonyl (C=O) groups is 2. The van der Waals surface area contributed by atoms with Crippen molar-refractivity contribution in [3.63, 3.8) is 0 Å². The largest absolute Gasteiger partial charge is 0.507 e. The first-order valence-electron chi connectivity index (χ1n) is 9.45. The summed E-state index contributed by atoms with van der Waals surface area (Å²) < 4.78 is 24.3. The van der Waals surface area contributed by atoms with E-state index in [-0.39, 0.29) is 22.6 Å². The minimum atomic E-state index is -1.04. The number of aliphatic hydroxyl groups excluding tert-OH is 1. The minimum Gasteiger partial charge on any atom is -0.507 e. The van der Waals surface area contributed by atoms with Gasteiger partial charge in [-0.15, -0.1) is 0 Å². The Bertz CT molecular complexity index is 1170. The van der Waals surface area contributed by atoms with Gasteiger partial charge in [0.05, 0.1) is 23.5 Å². The average Bonchev–Trinajstić information content (AvgIpc) is 3.37. The highest BCUT2D eigenvalue weighted by atomic mass is 35.5. The summed E-state index contributed by atoms with van der Waals surface area (Å²) in [6.07, 6.45) is 1.40. The summed E-state index contributed by atoms with van der Waals surface area (Å²) in [5.41, 5.74) is 0.380. The standard InChI is InChI=1S/C23H17ClFNO5/c1-2-30-18-12-13(5-10-16(18)24)21(27)19-20(17-4-3-11-31-17)26(23(29)22(19)28)15-8-6-14(25)7-9-15/h3-12,20,27H,2H2,1H3/b21-19-. The Morgan fingerprint density at radius 3 is 2.58 bits per heavy atom. The van der Waals surface area contributed by atoms with E-state index >= 15 is 0 Å². The van der Waals surface area contributed by atoms with Crippen LogP contribution in [0.25, 0.3) is 5.76 Å². The second-order valence-corrected chi connectivity index (χ2v) is 7.15. The Morgan fingerprint density at radius 1 is 1.19 bits per heavy atom. The molecule has 1 unspecified atom stereocenters. The highest BCUT2D eigenvalue weighted by Gasteiger charge is 2.48. The fourth-order valence-electron chi connectivity index (χ4n) is 3.49. The number of benzene rings is 2. The zero-order valence-corrected chi connectivity index (χ0v) is 17.1. The van der Waals surface area contributed by atoms with Gasteiger partial charge in [-0.3, -0.25) is 14.5 Å². The van der Waals surface area contributed by atoms with E-state index in [2.05, 4.69) is 0 Å². The van der Waals surface area contributed by atoms with Crippen LogP contribution in [-0.2, 0) is 9.59 Å². The van der Waals surface area contributed by atoms with Gasteiger partial charge in [0, 0.05) is 11.3 Å². The number of Topliss-reactive ketones (excluding diaryl/α,β-unsaturated/α-hetero) is 1. The average molecular weight is 442 g/mol. The number of amides is 1. The van der Waals surface area contributed by atoms with Gasteiger partial charge in [0.25, 0.3) is 11.7 Å². The predicted molar refractivity (Wildman–Crippen MR) is 113 cm³/mol. The van der Waals surface area contributed by atoms with Crippen molar-refractivity contribution in [1.82, 2.24) is 0 Å². The Hall–Kier alpha value is -3.58. The second-order valence-electron chi connectivity index (χ2n) is 6.74. The number of nitrogens with zero attached hydrogens (tertiary/aromatic N) is 1. The van der Waals surface area contributed by atoms with Crippen LogP contribution in [0.1, 0.15) is 24.3 Å². The quantitative estimate of drug-likeness (QED) is 0.338. The maximum atomic E-state index is 13.4. The van der Waals surface area contributed by atoms with E-state index in [1.807, 2.05) is 0 Å². The van der Waals surface area contributed by atoms with Crippen molar-refractivity contribution in [2.75, 3.05) is 11.5 Å². The number of anilines is 1. The van der Waals surface area contributed by atoms with Crippen molar-refractivity contribution in [3.05, 3.63) is 88.6 Å². The normalized spacial score (nSPS) is 17.9. The fraction of sp³-hybridized carbons (Fsp3) is 0.130. The number of carbonyl (C=O) groups excluding carboxylic acids is 2. The molecular weight excluding hydrogens is 425 g/mol. The summed E-state index contributed by atoms with van der Waals surface area (Å²) in [5.74, 6) is -2.05. The Morgan fingerprint density at radius 2 is 1.94 bits per heavy atom. The molecular formula is C23H17ClFNO5. The van der Waals surface area contributed by atoms with Crippen molar-refractivity contribution in [3.8, 4) is 5.75 Å². The van der Waals surface area contributed by atoms with Gasteiger partial charge in [-0.05, 0) is 61.5 Å². The lowest BCUT2D eigenvalue weighted by molar-refractivity contribution is -0.132. The number of furan rings is 1. The van der Waals surface area contributed by atoms with E-state index in [0.717, 1.165) is 0 Å². The van der Waals surface area contributed by atoms with Gasteiger partial charge in [-0.2, -0.15) is 0 Å². The van der Waals surface area contributed by atoms with E-state index in [4.69, 9.17) is 20.8 Å². The van der Waals surface area contributed by atoms with Crippen LogP contribution in [0.4, 0.5) is 10.1 Å². The summed E-state index contributed by atoms with van der Waals surface area (Å²) in [7, 11) is 0. The predicted octanol–water partition coefficient (Wildman–Crippen LogP) is 5.10. The fourth-order valence-corrected chi connectivity index (χ4v) is 3.66. The molecule has 6 nitrogen and oxygen atoms in total. The number of halogens is 2. The zero-order chi connectivity index (χ0) is 22.1. The van der Waals surface area contributed by atoms with E-state index in [1.54, 1.807) is 19.1 Å². The van der Waals surface area contributed by atoms with E-state index < -0.39 is 29.3 Å². The molecule has 158 valence electrons. The smallest absolute Gasteiger partial charge is 0.300 e. The topological polar surface area (TPSA) is 80.0 Å². The number of hydrogen-bond donors (Lipinski definition) is 1. The first kappa shape index (κ1) is 20.7. The summed E-state index contributed by atoms with van der Waals surface area (Å²) in [5, 5.41) is 11.4. The molecule has 31 heavy (non-hydrogen) atoms. The number of rotatable bonds is 5. The highest BCUT2D eigenvalue weighted by molar-refractivity contribution is 6.51. The highest BCUT2D eigenvalue weighted by Crippen LogP contribution is 2.42. The van der Waals surface area contributed by atoms with Gasteiger partial charge in [0.1, 0.15) is 29.1 Å². The molecule has 1 saturated heterocycles. The summed E-state index contributed by atoms with van der Waals surface area (Å²) in [6, 6.07) is 11.8. The molecule has 1 aliphatic rings. The van der Waals surface area contributed by atoms with Crippen molar-refractivity contribution in [1.29, 1.82) is 0 Å². The maximum absolute atomic E-state index is 13.4. The first-order valence-corrected chi connectivity index (χ1v) is 9.83. The van der Waals surface area contributed by atoms with Crippen LogP contribution in [0.3, 0.4) is 0 Å².